The van der Waals surface area contributed by atoms with E-state index < -0.39 is 0 Å². The zero-order valence-electron chi connectivity index (χ0n) is 16.5. The van der Waals surface area contributed by atoms with Crippen LogP contribution in [-0.4, -0.2) is 57.6 Å². The quantitative estimate of drug-likeness (QED) is 0.540. The fraction of sp³-hybridized carbons (Fsp3) is 0.333. The molecule has 0 saturated carbocycles. The van der Waals surface area contributed by atoms with Crippen LogP contribution in [0.5, 0.6) is 5.75 Å². The van der Waals surface area contributed by atoms with E-state index in [1.807, 2.05) is 30.1 Å². The second-order valence-electron chi connectivity index (χ2n) is 6.23. The van der Waals surface area contributed by atoms with Gasteiger partial charge >= 0.3 is 0 Å². The number of aliphatic imine (C=N–C) groups is 1. The summed E-state index contributed by atoms with van der Waals surface area (Å²) < 4.78 is 18.5. The van der Waals surface area contributed by atoms with E-state index in [0.717, 1.165) is 17.9 Å². The number of nitrogens with zero attached hydrogens (tertiary/aromatic N) is 2. The zero-order valence-corrected chi connectivity index (χ0v) is 16.5. The molecule has 0 atom stereocenters. The van der Waals surface area contributed by atoms with Crippen LogP contribution in [0.1, 0.15) is 15.9 Å². The van der Waals surface area contributed by atoms with E-state index in [1.165, 1.54) is 12.1 Å². The summed E-state index contributed by atoms with van der Waals surface area (Å²) in [6, 6.07) is 13.5. The van der Waals surface area contributed by atoms with Gasteiger partial charge in [0, 0.05) is 33.3 Å². The fourth-order valence-corrected chi connectivity index (χ4v) is 2.65. The minimum absolute atomic E-state index is 0.0912. The standard InChI is InChI=1S/C21H27FN4O2/c1-23-20(27)17-6-4-5-16(15-17)11-12-25-21(24-2)26(3)13-14-28-19-9-7-18(22)8-10-19/h4-10,15H,11-14H2,1-3H3,(H,23,27)(H,24,25). The van der Waals surface area contributed by atoms with E-state index in [-0.39, 0.29) is 11.7 Å². The lowest BCUT2D eigenvalue weighted by Gasteiger charge is -2.22. The van der Waals surface area contributed by atoms with Crippen molar-refractivity contribution < 1.29 is 13.9 Å². The second-order valence-corrected chi connectivity index (χ2v) is 6.23. The number of carbonyl (C=O) groups is 1. The van der Waals surface area contributed by atoms with Gasteiger partial charge in [0.15, 0.2) is 5.96 Å². The summed E-state index contributed by atoms with van der Waals surface area (Å²) in [5, 5.41) is 5.94. The molecule has 0 aromatic heterocycles. The van der Waals surface area contributed by atoms with Crippen LogP contribution in [0.15, 0.2) is 53.5 Å². The lowest BCUT2D eigenvalue weighted by molar-refractivity contribution is 0.0963. The summed E-state index contributed by atoms with van der Waals surface area (Å²) >= 11 is 0. The van der Waals surface area contributed by atoms with E-state index in [2.05, 4.69) is 15.6 Å². The van der Waals surface area contributed by atoms with Crippen LogP contribution >= 0.6 is 0 Å². The molecule has 0 saturated heterocycles. The first-order valence-electron chi connectivity index (χ1n) is 9.14. The maximum absolute atomic E-state index is 12.9. The van der Waals surface area contributed by atoms with Gasteiger partial charge in [-0.05, 0) is 48.4 Å². The van der Waals surface area contributed by atoms with Crippen molar-refractivity contribution in [2.24, 2.45) is 4.99 Å². The Morgan fingerprint density at radius 2 is 1.96 bits per heavy atom. The number of ether oxygens (including phenoxy) is 1. The highest BCUT2D eigenvalue weighted by atomic mass is 19.1. The monoisotopic (exact) mass is 386 g/mol. The average molecular weight is 386 g/mol. The molecular formula is C21H27FN4O2. The molecular weight excluding hydrogens is 359 g/mol. The smallest absolute Gasteiger partial charge is 0.251 e. The van der Waals surface area contributed by atoms with Gasteiger partial charge in [-0.2, -0.15) is 0 Å². The number of guanidine groups is 1. The van der Waals surface area contributed by atoms with Crippen LogP contribution in [0.25, 0.3) is 0 Å². The van der Waals surface area contributed by atoms with E-state index in [4.69, 9.17) is 4.74 Å². The topological polar surface area (TPSA) is 66.0 Å². The Morgan fingerprint density at radius 1 is 1.21 bits per heavy atom. The Balaban J connectivity index is 1.77. The number of hydrogen-bond donors (Lipinski definition) is 2. The van der Waals surface area contributed by atoms with Crippen LogP contribution in [0.4, 0.5) is 4.39 Å². The average Bonchev–Trinajstić information content (AvgIpc) is 2.72. The Morgan fingerprint density at radius 3 is 2.64 bits per heavy atom. The summed E-state index contributed by atoms with van der Waals surface area (Å²) in [5.74, 6) is 1.01. The number of carbonyl (C=O) groups excluding carboxylic acids is 1. The van der Waals surface area contributed by atoms with Crippen molar-refractivity contribution in [3.63, 3.8) is 0 Å². The second kappa shape index (κ2) is 10.9. The third kappa shape index (κ3) is 6.57. The highest BCUT2D eigenvalue weighted by Gasteiger charge is 2.07. The number of rotatable bonds is 8. The highest BCUT2D eigenvalue weighted by Crippen LogP contribution is 2.10. The molecule has 2 aromatic rings. The van der Waals surface area contributed by atoms with Gasteiger partial charge in [0.2, 0.25) is 0 Å². The molecule has 0 spiro atoms. The minimum atomic E-state index is -0.282. The molecule has 2 rings (SSSR count). The van der Waals surface area contributed by atoms with Crippen molar-refractivity contribution in [1.82, 2.24) is 15.5 Å². The van der Waals surface area contributed by atoms with Gasteiger partial charge < -0.3 is 20.3 Å². The van der Waals surface area contributed by atoms with Crippen LogP contribution in [0.3, 0.4) is 0 Å². The van der Waals surface area contributed by atoms with Gasteiger partial charge in [0.25, 0.3) is 5.91 Å². The maximum atomic E-state index is 12.9. The maximum Gasteiger partial charge on any atom is 0.251 e. The van der Waals surface area contributed by atoms with Gasteiger partial charge in [-0.15, -0.1) is 0 Å². The Labute approximate surface area is 165 Å². The van der Waals surface area contributed by atoms with Gasteiger partial charge in [-0.3, -0.25) is 9.79 Å². The molecule has 1 amide bonds. The van der Waals surface area contributed by atoms with Crippen LogP contribution in [-0.2, 0) is 6.42 Å². The van der Waals surface area contributed by atoms with Crippen LogP contribution < -0.4 is 15.4 Å². The molecule has 6 nitrogen and oxygen atoms in total. The number of benzene rings is 2. The normalized spacial score (nSPS) is 11.1. The van der Waals surface area contributed by atoms with Gasteiger partial charge in [0.1, 0.15) is 18.2 Å². The highest BCUT2D eigenvalue weighted by molar-refractivity contribution is 5.94. The van der Waals surface area contributed by atoms with Crippen molar-refractivity contribution in [1.29, 1.82) is 0 Å². The third-order valence-electron chi connectivity index (χ3n) is 4.20. The van der Waals surface area contributed by atoms with Crippen molar-refractivity contribution in [2.45, 2.75) is 6.42 Å². The number of likely N-dealkylation sites (N-methyl/N-ethyl adjacent to an activating group) is 1. The first-order valence-corrected chi connectivity index (χ1v) is 9.14. The van der Waals surface area contributed by atoms with Crippen molar-refractivity contribution in [2.75, 3.05) is 40.8 Å². The van der Waals surface area contributed by atoms with E-state index in [9.17, 15) is 9.18 Å². The largest absolute Gasteiger partial charge is 0.492 e. The Kier molecular flexibility index (Phi) is 8.27. The van der Waals surface area contributed by atoms with Crippen molar-refractivity contribution in [3.05, 3.63) is 65.5 Å². The molecule has 0 heterocycles. The Bertz CT molecular complexity index is 793. The van der Waals surface area contributed by atoms with Gasteiger partial charge in [0.05, 0.1) is 6.54 Å². The van der Waals surface area contributed by atoms with E-state index in [1.54, 1.807) is 32.3 Å². The summed E-state index contributed by atoms with van der Waals surface area (Å²) in [5.41, 5.74) is 1.73. The molecule has 2 aromatic carbocycles. The molecule has 28 heavy (non-hydrogen) atoms. The SMILES string of the molecule is CN=C(NCCc1cccc(C(=O)NC)c1)N(C)CCOc1ccc(F)cc1. The fourth-order valence-electron chi connectivity index (χ4n) is 2.65. The molecule has 7 heteroatoms. The van der Waals surface area contributed by atoms with E-state index >= 15 is 0 Å². The molecule has 150 valence electrons. The molecule has 0 unspecified atom stereocenters. The Hall–Kier alpha value is -3.09. The summed E-state index contributed by atoms with van der Waals surface area (Å²) in [6.07, 6.45) is 0.768. The molecule has 0 aliphatic carbocycles. The number of halogens is 1. The first kappa shape index (κ1) is 21.2. The number of amides is 1. The molecule has 0 aliphatic heterocycles. The van der Waals surface area contributed by atoms with Gasteiger partial charge in [-0.1, -0.05) is 12.1 Å². The predicted octanol–water partition coefficient (Wildman–Crippen LogP) is 2.31. The van der Waals surface area contributed by atoms with Crippen LogP contribution in [0.2, 0.25) is 0 Å². The minimum Gasteiger partial charge on any atom is -0.492 e. The summed E-state index contributed by atoms with van der Waals surface area (Å²) in [7, 11) is 5.28. The molecule has 0 bridgehead atoms. The third-order valence-corrected chi connectivity index (χ3v) is 4.20. The molecule has 0 fully saturated rings. The molecule has 0 aliphatic rings. The zero-order chi connectivity index (χ0) is 20.4. The van der Waals surface area contributed by atoms with Crippen LogP contribution in [0, 0.1) is 5.82 Å². The lowest BCUT2D eigenvalue weighted by Crippen LogP contribution is -2.41. The number of hydrogen-bond acceptors (Lipinski definition) is 3. The molecule has 2 N–H and O–H groups in total. The predicted molar refractivity (Wildman–Crippen MR) is 109 cm³/mol. The summed E-state index contributed by atoms with van der Waals surface area (Å²) in [4.78, 5) is 18.0. The summed E-state index contributed by atoms with van der Waals surface area (Å²) in [6.45, 7) is 1.77. The number of nitrogens with one attached hydrogen (secondary N) is 2. The molecule has 0 radical (unpaired) electrons. The lowest BCUT2D eigenvalue weighted by atomic mass is 10.1. The van der Waals surface area contributed by atoms with Crippen molar-refractivity contribution >= 4 is 11.9 Å². The van der Waals surface area contributed by atoms with E-state index in [0.29, 0.717) is 31.0 Å². The van der Waals surface area contributed by atoms with Gasteiger partial charge in [-0.25, -0.2) is 4.39 Å². The first-order chi connectivity index (χ1) is 13.5. The van der Waals surface area contributed by atoms with Crippen molar-refractivity contribution in [3.8, 4) is 5.75 Å².